The van der Waals surface area contributed by atoms with Crippen molar-refractivity contribution in [2.24, 2.45) is 0 Å². The van der Waals surface area contributed by atoms with Gasteiger partial charge in [0, 0.05) is 22.3 Å². The second-order valence-corrected chi connectivity index (χ2v) is 8.97. The molecule has 0 bridgehead atoms. The summed E-state index contributed by atoms with van der Waals surface area (Å²) in [5.41, 5.74) is 6.78. The minimum atomic E-state index is 1.03. The smallest absolute Gasteiger partial charge is 0.0850 e. The highest BCUT2D eigenvalue weighted by molar-refractivity contribution is 7.11. The first-order chi connectivity index (χ1) is 15.9. The van der Waals surface area contributed by atoms with Crippen LogP contribution in [0.1, 0.15) is 20.9 Å². The molecule has 0 nitrogen and oxygen atoms in total. The van der Waals surface area contributed by atoms with Crippen LogP contribution in [0.4, 0.5) is 0 Å². The zero-order chi connectivity index (χ0) is 21.6. The molecule has 5 rings (SSSR count). The third-order valence-electron chi connectivity index (χ3n) is 5.03. The molecule has 0 fully saturated rings. The maximum absolute atomic E-state index is 3.34. The Kier molecular flexibility index (Phi) is 6.00. The molecule has 0 aliphatic rings. The normalized spacial score (nSPS) is 10.0. The van der Waals surface area contributed by atoms with Crippen molar-refractivity contribution >= 4 is 22.7 Å². The van der Waals surface area contributed by atoms with Crippen molar-refractivity contribution in [1.82, 2.24) is 0 Å². The van der Waals surface area contributed by atoms with Gasteiger partial charge in [0.05, 0.1) is 9.75 Å². The highest BCUT2D eigenvalue weighted by Gasteiger charge is 2.08. The summed E-state index contributed by atoms with van der Waals surface area (Å²) in [5, 5.41) is 4.21. The van der Waals surface area contributed by atoms with Crippen LogP contribution in [0.15, 0.2) is 108 Å². The first kappa shape index (κ1) is 20.1. The summed E-state index contributed by atoms with van der Waals surface area (Å²) in [6.07, 6.45) is 0. The van der Waals surface area contributed by atoms with E-state index >= 15 is 0 Å². The second kappa shape index (κ2) is 9.54. The monoisotopic (exact) mass is 442 g/mol. The Morgan fingerprint density at radius 3 is 1.22 bits per heavy atom. The van der Waals surface area contributed by atoms with Gasteiger partial charge >= 0.3 is 0 Å². The van der Waals surface area contributed by atoms with Crippen LogP contribution in [0.5, 0.6) is 0 Å². The van der Waals surface area contributed by atoms with Crippen LogP contribution in [0, 0.1) is 23.7 Å². The van der Waals surface area contributed by atoms with Crippen LogP contribution in [0.3, 0.4) is 0 Å². The third kappa shape index (κ3) is 4.58. The molecule has 0 radical (unpaired) electrons. The minimum absolute atomic E-state index is 1.03. The van der Waals surface area contributed by atoms with Gasteiger partial charge in [0.25, 0.3) is 0 Å². The van der Waals surface area contributed by atoms with Gasteiger partial charge in [-0.1, -0.05) is 84.3 Å². The highest BCUT2D eigenvalue weighted by atomic mass is 32.1. The van der Waals surface area contributed by atoms with Gasteiger partial charge in [-0.2, -0.15) is 0 Å². The molecular weight excluding hydrogens is 424 g/mol. The van der Waals surface area contributed by atoms with E-state index in [0.717, 1.165) is 20.9 Å². The summed E-state index contributed by atoms with van der Waals surface area (Å²) < 4.78 is 0. The molecule has 0 saturated carbocycles. The van der Waals surface area contributed by atoms with E-state index in [1.165, 1.54) is 22.3 Å². The third-order valence-corrected chi connectivity index (χ3v) is 6.69. The number of thiophene rings is 2. The lowest BCUT2D eigenvalue weighted by molar-refractivity contribution is 1.63. The topological polar surface area (TPSA) is 0 Å². The fraction of sp³-hybridized carbons (Fsp3) is 0. The standard InChI is InChI=1S/C30H18S2/c1-3-7-23(8-4-1)11-17-29-27(19-21-31-29)25-13-15-26(16-14-25)28-20-22-32-30(28)18-12-24-9-5-2-6-10-24/h1-10,13-16,19-22H. The largest absolute Gasteiger partial charge is 0.135 e. The highest BCUT2D eigenvalue weighted by Crippen LogP contribution is 2.32. The molecule has 0 atom stereocenters. The van der Waals surface area contributed by atoms with E-state index < -0.39 is 0 Å². The molecule has 0 aliphatic heterocycles. The van der Waals surface area contributed by atoms with E-state index in [4.69, 9.17) is 0 Å². The lowest BCUT2D eigenvalue weighted by Crippen LogP contribution is -1.82. The Bertz CT molecular complexity index is 1330. The van der Waals surface area contributed by atoms with Crippen molar-refractivity contribution in [1.29, 1.82) is 0 Å². The van der Waals surface area contributed by atoms with Crippen molar-refractivity contribution < 1.29 is 0 Å². The number of benzene rings is 3. The van der Waals surface area contributed by atoms with Gasteiger partial charge in [0.15, 0.2) is 0 Å². The maximum Gasteiger partial charge on any atom is 0.0850 e. The summed E-state index contributed by atoms with van der Waals surface area (Å²) in [6, 6.07) is 33.2. The molecule has 0 unspecified atom stereocenters. The van der Waals surface area contributed by atoms with E-state index in [1.54, 1.807) is 22.7 Å². The van der Waals surface area contributed by atoms with Gasteiger partial charge in [-0.15, -0.1) is 22.7 Å². The molecule has 0 spiro atoms. The Labute approximate surface area is 196 Å². The Morgan fingerprint density at radius 1 is 0.406 bits per heavy atom. The van der Waals surface area contributed by atoms with Crippen LogP contribution in [-0.2, 0) is 0 Å². The van der Waals surface area contributed by atoms with Crippen LogP contribution >= 0.6 is 22.7 Å². The van der Waals surface area contributed by atoms with Crippen molar-refractivity contribution in [2.45, 2.75) is 0 Å². The zero-order valence-corrected chi connectivity index (χ0v) is 18.8. The van der Waals surface area contributed by atoms with Gasteiger partial charge < -0.3 is 0 Å². The lowest BCUT2D eigenvalue weighted by atomic mass is 10.0. The molecule has 150 valence electrons. The van der Waals surface area contributed by atoms with E-state index in [0.29, 0.717) is 0 Å². The molecular formula is C30H18S2. The molecule has 0 N–H and O–H groups in total. The first-order valence-electron chi connectivity index (χ1n) is 10.3. The summed E-state index contributed by atoms with van der Waals surface area (Å²) >= 11 is 3.36. The first-order valence-corrected chi connectivity index (χ1v) is 12.0. The summed E-state index contributed by atoms with van der Waals surface area (Å²) in [7, 11) is 0. The molecule has 2 aromatic heterocycles. The lowest BCUT2D eigenvalue weighted by Gasteiger charge is -2.04. The molecule has 2 heterocycles. The molecule has 0 saturated heterocycles. The molecule has 2 heteroatoms. The Hall–Kier alpha value is -3.82. The number of hydrogen-bond donors (Lipinski definition) is 0. The van der Waals surface area contributed by atoms with Crippen LogP contribution in [0.2, 0.25) is 0 Å². The summed E-state index contributed by atoms with van der Waals surface area (Å²) in [6.45, 7) is 0. The predicted octanol–water partition coefficient (Wildman–Crippen LogP) is 7.94. The van der Waals surface area contributed by atoms with Crippen LogP contribution in [-0.4, -0.2) is 0 Å². The molecule has 5 aromatic rings. The molecule has 3 aromatic carbocycles. The summed E-state index contributed by atoms with van der Waals surface area (Å²) in [5.74, 6) is 13.2. The predicted molar refractivity (Wildman–Crippen MR) is 138 cm³/mol. The number of hydrogen-bond acceptors (Lipinski definition) is 2. The fourth-order valence-electron chi connectivity index (χ4n) is 3.40. The maximum atomic E-state index is 3.34. The van der Waals surface area contributed by atoms with Gasteiger partial charge in [-0.3, -0.25) is 0 Å². The zero-order valence-electron chi connectivity index (χ0n) is 17.2. The number of rotatable bonds is 2. The molecule has 32 heavy (non-hydrogen) atoms. The Morgan fingerprint density at radius 2 is 0.812 bits per heavy atom. The van der Waals surface area contributed by atoms with Crippen LogP contribution < -0.4 is 0 Å². The van der Waals surface area contributed by atoms with Gasteiger partial charge in [0.2, 0.25) is 0 Å². The average Bonchev–Trinajstić information content (AvgIpc) is 3.52. The molecule has 0 aliphatic carbocycles. The van der Waals surface area contributed by atoms with E-state index in [-0.39, 0.29) is 0 Å². The Balaban J connectivity index is 1.41. The van der Waals surface area contributed by atoms with Gasteiger partial charge in [0.1, 0.15) is 0 Å². The second-order valence-electron chi connectivity index (χ2n) is 7.14. The summed E-state index contributed by atoms with van der Waals surface area (Å²) in [4.78, 5) is 2.18. The quantitative estimate of drug-likeness (QED) is 0.243. The van der Waals surface area contributed by atoms with E-state index in [9.17, 15) is 0 Å². The van der Waals surface area contributed by atoms with E-state index in [1.807, 2.05) is 60.7 Å². The molecule has 0 amide bonds. The van der Waals surface area contributed by atoms with Crippen LogP contribution in [0.25, 0.3) is 22.3 Å². The fourth-order valence-corrected chi connectivity index (χ4v) is 4.92. The van der Waals surface area contributed by atoms with Crippen molar-refractivity contribution in [2.75, 3.05) is 0 Å². The SMILES string of the molecule is C(#Cc1sccc1-c1ccc(-c2ccsc2C#Cc2ccccc2)cc1)c1ccccc1. The van der Waals surface area contributed by atoms with Gasteiger partial charge in [-0.05, 0) is 58.3 Å². The van der Waals surface area contributed by atoms with Crippen molar-refractivity contribution in [3.63, 3.8) is 0 Å². The minimum Gasteiger partial charge on any atom is -0.135 e. The van der Waals surface area contributed by atoms with E-state index in [2.05, 4.69) is 70.8 Å². The van der Waals surface area contributed by atoms with Crippen molar-refractivity contribution in [3.8, 4) is 45.9 Å². The van der Waals surface area contributed by atoms with Crippen molar-refractivity contribution in [3.05, 3.63) is 129 Å². The van der Waals surface area contributed by atoms with Gasteiger partial charge in [-0.25, -0.2) is 0 Å². The average molecular weight is 443 g/mol.